The first-order valence-corrected chi connectivity index (χ1v) is 10.6. The second kappa shape index (κ2) is 8.25. The summed E-state index contributed by atoms with van der Waals surface area (Å²) in [6.45, 7) is 0. The van der Waals surface area contributed by atoms with Gasteiger partial charge in [-0.3, -0.25) is 4.79 Å². The highest BCUT2D eigenvalue weighted by atomic mass is 35.5. The van der Waals surface area contributed by atoms with Crippen LogP contribution in [0.2, 0.25) is 5.02 Å². The minimum atomic E-state index is 0.0431. The Bertz CT molecular complexity index is 1420. The normalized spacial score (nSPS) is 11.0. The summed E-state index contributed by atoms with van der Waals surface area (Å²) in [5.74, 6) is 0. The molecule has 0 aliphatic rings. The second-order valence-electron chi connectivity index (χ2n) is 7.49. The molecular formula is C28H20ClNO. The predicted octanol–water partition coefficient (Wildman–Crippen LogP) is 6.90. The highest BCUT2D eigenvalue weighted by molar-refractivity contribution is 6.33. The lowest BCUT2D eigenvalue weighted by Crippen LogP contribution is -2.18. The van der Waals surface area contributed by atoms with E-state index in [1.54, 1.807) is 0 Å². The maximum Gasteiger partial charge on any atom is 0.193 e. The predicted molar refractivity (Wildman–Crippen MR) is 129 cm³/mol. The largest absolute Gasteiger partial charge is 0.309 e. The Morgan fingerprint density at radius 2 is 1.29 bits per heavy atom. The summed E-state index contributed by atoms with van der Waals surface area (Å²) in [5, 5.41) is 1.32. The van der Waals surface area contributed by atoms with Gasteiger partial charge in [-0.2, -0.15) is 0 Å². The Kier molecular flexibility index (Phi) is 5.15. The smallest absolute Gasteiger partial charge is 0.193 e. The van der Waals surface area contributed by atoms with E-state index in [0.29, 0.717) is 16.8 Å². The lowest BCUT2D eigenvalue weighted by Gasteiger charge is -2.22. The van der Waals surface area contributed by atoms with Gasteiger partial charge in [-0.05, 0) is 35.9 Å². The number of fused-ring (bicyclic) bond motifs is 1. The Balaban J connectivity index is 1.95. The van der Waals surface area contributed by atoms with Crippen molar-refractivity contribution in [2.75, 3.05) is 0 Å². The summed E-state index contributed by atoms with van der Waals surface area (Å²) >= 11 is 6.68. The van der Waals surface area contributed by atoms with E-state index in [1.807, 2.05) is 84.9 Å². The second-order valence-corrected chi connectivity index (χ2v) is 7.89. The van der Waals surface area contributed by atoms with Gasteiger partial charge in [0.25, 0.3) is 0 Å². The maximum atomic E-state index is 13.8. The van der Waals surface area contributed by atoms with E-state index < -0.39 is 0 Å². The molecule has 0 aliphatic carbocycles. The van der Waals surface area contributed by atoms with Crippen LogP contribution in [0.4, 0.5) is 0 Å². The van der Waals surface area contributed by atoms with Crippen molar-refractivity contribution in [3.63, 3.8) is 0 Å². The number of hydrogen-bond donors (Lipinski definition) is 0. The zero-order valence-corrected chi connectivity index (χ0v) is 17.6. The molecule has 0 spiro atoms. The van der Waals surface area contributed by atoms with Crippen molar-refractivity contribution >= 4 is 22.5 Å². The van der Waals surface area contributed by atoms with Crippen LogP contribution >= 0.6 is 11.6 Å². The molecule has 0 amide bonds. The maximum absolute atomic E-state index is 13.8. The lowest BCUT2D eigenvalue weighted by molar-refractivity contribution is 1.05. The topological polar surface area (TPSA) is 22.0 Å². The van der Waals surface area contributed by atoms with Gasteiger partial charge in [0.2, 0.25) is 0 Å². The van der Waals surface area contributed by atoms with Gasteiger partial charge in [-0.1, -0.05) is 90.5 Å². The molecule has 0 N–H and O–H groups in total. The van der Waals surface area contributed by atoms with Crippen LogP contribution in [0.15, 0.2) is 114 Å². The Labute approximate surface area is 186 Å². The van der Waals surface area contributed by atoms with Crippen LogP contribution in [0, 0.1) is 0 Å². The number of halogens is 1. The van der Waals surface area contributed by atoms with Crippen molar-refractivity contribution < 1.29 is 0 Å². The molecule has 0 radical (unpaired) electrons. The molecule has 150 valence electrons. The molecule has 2 nitrogen and oxygen atoms in total. The molecule has 1 aromatic heterocycles. The summed E-state index contributed by atoms with van der Waals surface area (Å²) < 4.78 is 2.16. The zero-order chi connectivity index (χ0) is 21.2. The van der Waals surface area contributed by atoms with Crippen LogP contribution in [0.3, 0.4) is 0 Å². The van der Waals surface area contributed by atoms with Gasteiger partial charge in [0, 0.05) is 33.6 Å². The quantitative estimate of drug-likeness (QED) is 0.309. The van der Waals surface area contributed by atoms with Crippen molar-refractivity contribution in [3.05, 3.63) is 136 Å². The van der Waals surface area contributed by atoms with E-state index in [-0.39, 0.29) is 5.43 Å². The monoisotopic (exact) mass is 421 g/mol. The molecule has 3 heteroatoms. The third kappa shape index (κ3) is 3.56. The first-order valence-electron chi connectivity index (χ1n) is 10.2. The van der Waals surface area contributed by atoms with Crippen LogP contribution in [0.1, 0.15) is 11.1 Å². The number of benzene rings is 4. The average molecular weight is 422 g/mol. The summed E-state index contributed by atoms with van der Waals surface area (Å²) in [7, 11) is 0. The molecule has 0 saturated carbocycles. The fourth-order valence-corrected chi connectivity index (χ4v) is 4.36. The fraction of sp³-hybridized carbons (Fsp3) is 0.0357. The van der Waals surface area contributed by atoms with Gasteiger partial charge in [-0.25, -0.2) is 0 Å². The molecule has 0 aliphatic heterocycles. The van der Waals surface area contributed by atoms with Crippen LogP contribution in [-0.2, 0) is 6.42 Å². The molecule has 4 aromatic carbocycles. The van der Waals surface area contributed by atoms with Crippen molar-refractivity contribution in [3.8, 4) is 16.9 Å². The van der Waals surface area contributed by atoms with Crippen molar-refractivity contribution in [2.24, 2.45) is 0 Å². The third-order valence-electron chi connectivity index (χ3n) is 5.54. The van der Waals surface area contributed by atoms with Crippen molar-refractivity contribution in [1.82, 2.24) is 4.57 Å². The van der Waals surface area contributed by atoms with Crippen LogP contribution in [0.25, 0.3) is 27.8 Å². The number of rotatable bonds is 4. The standard InChI is InChI=1S/C28H20ClNO/c29-25-17-9-7-15-22(25)27-24(19-20-11-3-1-4-12-20)28(31)23-16-8-10-18-26(23)30(27)21-13-5-2-6-14-21/h1-18H,19H2. The van der Waals surface area contributed by atoms with E-state index >= 15 is 0 Å². The molecule has 0 unspecified atom stereocenters. The van der Waals surface area contributed by atoms with Crippen molar-refractivity contribution in [2.45, 2.75) is 6.42 Å². The molecule has 5 aromatic rings. The van der Waals surface area contributed by atoms with E-state index in [2.05, 4.69) is 28.8 Å². The summed E-state index contributed by atoms with van der Waals surface area (Å²) in [6, 6.07) is 35.7. The van der Waals surface area contributed by atoms with Gasteiger partial charge in [0.05, 0.1) is 11.2 Å². The Morgan fingerprint density at radius 1 is 0.677 bits per heavy atom. The number of aromatic nitrogens is 1. The molecule has 5 rings (SSSR count). The van der Waals surface area contributed by atoms with Crippen molar-refractivity contribution in [1.29, 1.82) is 0 Å². The minimum absolute atomic E-state index is 0.0431. The highest BCUT2D eigenvalue weighted by Gasteiger charge is 2.21. The zero-order valence-electron chi connectivity index (χ0n) is 16.8. The number of pyridine rings is 1. The molecule has 0 fully saturated rings. The Hall–Kier alpha value is -3.62. The van der Waals surface area contributed by atoms with E-state index in [9.17, 15) is 4.79 Å². The first-order chi connectivity index (χ1) is 15.2. The van der Waals surface area contributed by atoms with E-state index in [4.69, 9.17) is 11.6 Å². The highest BCUT2D eigenvalue weighted by Crippen LogP contribution is 2.34. The molecule has 0 saturated heterocycles. The molecular weight excluding hydrogens is 402 g/mol. The van der Waals surface area contributed by atoms with Crippen LogP contribution < -0.4 is 5.43 Å². The summed E-state index contributed by atoms with van der Waals surface area (Å²) in [5.41, 5.74) is 5.41. The van der Waals surface area contributed by atoms with Gasteiger partial charge >= 0.3 is 0 Å². The number of para-hydroxylation sites is 2. The summed E-state index contributed by atoms with van der Waals surface area (Å²) in [6.07, 6.45) is 0.526. The lowest BCUT2D eigenvalue weighted by atomic mass is 9.95. The fourth-order valence-electron chi connectivity index (χ4n) is 4.13. The van der Waals surface area contributed by atoms with E-state index in [0.717, 1.165) is 33.6 Å². The minimum Gasteiger partial charge on any atom is -0.309 e. The Morgan fingerprint density at radius 3 is 2.03 bits per heavy atom. The van der Waals surface area contributed by atoms with Crippen LogP contribution in [-0.4, -0.2) is 4.57 Å². The molecule has 0 atom stereocenters. The first kappa shape index (κ1) is 19.3. The van der Waals surface area contributed by atoms with Gasteiger partial charge in [0.1, 0.15) is 0 Å². The molecule has 31 heavy (non-hydrogen) atoms. The van der Waals surface area contributed by atoms with Gasteiger partial charge < -0.3 is 4.57 Å². The number of hydrogen-bond acceptors (Lipinski definition) is 1. The summed E-state index contributed by atoms with van der Waals surface area (Å²) in [4.78, 5) is 13.8. The molecule has 1 heterocycles. The van der Waals surface area contributed by atoms with Gasteiger partial charge in [-0.15, -0.1) is 0 Å². The number of nitrogens with zero attached hydrogens (tertiary/aromatic N) is 1. The SMILES string of the molecule is O=c1c(Cc2ccccc2)c(-c2ccccc2Cl)n(-c2ccccc2)c2ccccc12. The average Bonchev–Trinajstić information content (AvgIpc) is 2.82. The molecule has 0 bridgehead atoms. The van der Waals surface area contributed by atoms with Gasteiger partial charge in [0.15, 0.2) is 5.43 Å². The van der Waals surface area contributed by atoms with E-state index in [1.165, 1.54) is 0 Å². The third-order valence-corrected chi connectivity index (χ3v) is 5.87. The van der Waals surface area contributed by atoms with Crippen LogP contribution in [0.5, 0.6) is 0 Å².